The van der Waals surface area contributed by atoms with Gasteiger partial charge in [0.1, 0.15) is 16.5 Å². The summed E-state index contributed by atoms with van der Waals surface area (Å²) in [4.78, 5) is -3.62. The summed E-state index contributed by atoms with van der Waals surface area (Å²) < 4.78 is 305. The monoisotopic (exact) mass is 676 g/mol. The molecule has 5 nitrogen and oxygen atoms in total. The Bertz CT molecular complexity index is 1360. The number of benzene rings is 1. The van der Waals surface area contributed by atoms with Crippen LogP contribution >= 0.6 is 0 Å². The molecule has 1 rings (SSSR count). The van der Waals surface area contributed by atoms with Gasteiger partial charge in [-0.3, -0.25) is 4.55 Å². The summed E-state index contributed by atoms with van der Waals surface area (Å²) in [6.45, 7) is 0. The third-order valence-corrected chi connectivity index (χ3v) is 7.46. The van der Waals surface area contributed by atoms with Gasteiger partial charge in [0, 0.05) is 5.56 Å². The predicted octanol–water partition coefficient (Wildman–Crippen LogP) is 6.01. The maximum absolute atomic E-state index is 14.1. The van der Waals surface area contributed by atoms with Gasteiger partial charge >= 0.3 is 56.4 Å². The first-order chi connectivity index (χ1) is 17.0. The average molecular weight is 676 g/mol. The molecule has 0 aliphatic carbocycles. The fourth-order valence-corrected chi connectivity index (χ4v) is 4.53. The number of rotatable bonds is 9. The molecule has 1 N–H and O–H groups in total. The lowest BCUT2D eigenvalue weighted by atomic mass is 9.90. The summed E-state index contributed by atoms with van der Waals surface area (Å²) in [5, 5.41) is -14.5. The van der Waals surface area contributed by atoms with Crippen LogP contribution < -0.4 is 0 Å². The summed E-state index contributed by atoms with van der Waals surface area (Å²) in [6, 6.07) is -3.50. The summed E-state index contributed by atoms with van der Waals surface area (Å²) in [5.74, 6) is -48.2. The van der Waals surface area contributed by atoms with Crippen molar-refractivity contribution < 1.29 is 105 Å². The maximum Gasteiger partial charge on any atom is 0.460 e. The van der Waals surface area contributed by atoms with Gasteiger partial charge in [0.05, 0.1) is 0 Å². The van der Waals surface area contributed by atoms with Crippen LogP contribution in [0, 0.1) is 11.6 Å². The number of hydrogen-bond acceptors (Lipinski definition) is 4. The first kappa shape index (κ1) is 35.8. The highest BCUT2D eigenvalue weighted by molar-refractivity contribution is 7.94. The van der Waals surface area contributed by atoms with Crippen molar-refractivity contribution in [3.63, 3.8) is 0 Å². The molecule has 0 aromatic heterocycles. The molecule has 234 valence electrons. The minimum Gasteiger partial charge on any atom is -0.281 e. The normalized spacial score (nSPS) is 15.9. The zero-order valence-electron chi connectivity index (χ0n) is 17.2. The van der Waals surface area contributed by atoms with Crippen LogP contribution in [0.4, 0.5) is 83.4 Å². The molecule has 0 aliphatic rings. The first-order valence-corrected chi connectivity index (χ1v) is 11.4. The molecule has 0 bridgehead atoms. The van der Waals surface area contributed by atoms with Crippen molar-refractivity contribution in [2.75, 3.05) is 0 Å². The zero-order chi connectivity index (χ0) is 32.7. The molecular formula is C14H3F19O5S2. The summed E-state index contributed by atoms with van der Waals surface area (Å²) >= 11 is 0. The fourth-order valence-electron chi connectivity index (χ4n) is 2.38. The van der Waals surface area contributed by atoms with Crippen molar-refractivity contribution in [3.05, 3.63) is 29.3 Å². The molecule has 40 heavy (non-hydrogen) atoms. The van der Waals surface area contributed by atoms with Crippen LogP contribution in [0.1, 0.15) is 5.56 Å². The highest BCUT2D eigenvalue weighted by Crippen LogP contribution is 2.62. The summed E-state index contributed by atoms with van der Waals surface area (Å²) in [7, 11) is -15.4. The van der Waals surface area contributed by atoms with Crippen LogP contribution in [0.2, 0.25) is 0 Å². The molecule has 0 unspecified atom stereocenters. The average Bonchev–Trinajstić information content (AvgIpc) is 2.70. The van der Waals surface area contributed by atoms with Crippen molar-refractivity contribution in [3.8, 4) is 0 Å². The van der Waals surface area contributed by atoms with Gasteiger partial charge in [-0.2, -0.15) is 83.1 Å². The van der Waals surface area contributed by atoms with E-state index >= 15 is 0 Å². The molecule has 1 aromatic carbocycles. The molecule has 0 saturated heterocycles. The maximum atomic E-state index is 14.1. The number of alkyl halides is 17. The van der Waals surface area contributed by atoms with Crippen LogP contribution in [0.15, 0.2) is 17.0 Å². The Morgan fingerprint density at radius 3 is 1.15 bits per heavy atom. The third-order valence-electron chi connectivity index (χ3n) is 4.56. The molecule has 0 radical (unpaired) electrons. The van der Waals surface area contributed by atoms with Crippen LogP contribution in [0.3, 0.4) is 0 Å². The number of halogens is 19. The largest absolute Gasteiger partial charge is 0.460 e. The van der Waals surface area contributed by atoms with E-state index in [9.17, 15) is 100 Å². The summed E-state index contributed by atoms with van der Waals surface area (Å²) in [5.41, 5.74) is -3.57. The quantitative estimate of drug-likeness (QED) is 0.256. The highest BCUT2D eigenvalue weighted by atomic mass is 32.2. The standard InChI is InChI=1S/C14H3F19O5S2/c15-4-1-3(2-5(16)6(4)39(34,35)13(30,31)14(32,33)40(36,37)38)7(17,18)8(19,20)9(21,22)10(23,24)11(25,26)12(27,28)29/h1-2H,(H,36,37,38). The molecule has 26 heteroatoms. The van der Waals surface area contributed by atoms with Gasteiger partial charge in [-0.05, 0) is 12.1 Å². The Morgan fingerprint density at radius 1 is 0.525 bits per heavy atom. The fraction of sp³-hybridized carbons (Fsp3) is 0.571. The SMILES string of the molecule is O=S(=O)(O)C(F)(F)C(F)(F)S(=O)(=O)c1c(F)cc(C(F)(F)C(F)(F)C(F)(F)C(F)(F)C(F)(F)C(F)(F)F)cc1F. The molecule has 0 aliphatic heterocycles. The van der Waals surface area contributed by atoms with Gasteiger partial charge in [-0.1, -0.05) is 0 Å². The van der Waals surface area contributed by atoms with Crippen LogP contribution in [0.5, 0.6) is 0 Å². The van der Waals surface area contributed by atoms with E-state index in [2.05, 4.69) is 0 Å². The second-order valence-corrected chi connectivity index (χ2v) is 10.5. The van der Waals surface area contributed by atoms with Gasteiger partial charge in [-0.25, -0.2) is 17.2 Å². The smallest absolute Gasteiger partial charge is 0.281 e. The van der Waals surface area contributed by atoms with E-state index in [1.165, 1.54) is 0 Å². The van der Waals surface area contributed by atoms with Crippen LogP contribution in [-0.4, -0.2) is 61.8 Å². The second kappa shape index (κ2) is 9.12. The van der Waals surface area contributed by atoms with Crippen molar-refractivity contribution >= 4 is 20.0 Å². The van der Waals surface area contributed by atoms with E-state index in [0.29, 0.717) is 0 Å². The van der Waals surface area contributed by atoms with Crippen molar-refractivity contribution in [2.45, 2.75) is 51.2 Å². The number of hydrogen-bond donors (Lipinski definition) is 1. The van der Waals surface area contributed by atoms with Gasteiger partial charge in [-0.15, -0.1) is 0 Å². The van der Waals surface area contributed by atoms with E-state index in [1.54, 1.807) is 0 Å². The predicted molar refractivity (Wildman–Crippen MR) is 84.7 cm³/mol. The van der Waals surface area contributed by atoms with Crippen molar-refractivity contribution in [2.24, 2.45) is 0 Å². The van der Waals surface area contributed by atoms with Gasteiger partial charge in [0.15, 0.2) is 0 Å². The topological polar surface area (TPSA) is 88.5 Å². The van der Waals surface area contributed by atoms with Crippen LogP contribution in [0.25, 0.3) is 0 Å². The minimum atomic E-state index is -8.51. The van der Waals surface area contributed by atoms with Gasteiger partial charge in [0.2, 0.25) is 0 Å². The van der Waals surface area contributed by atoms with Crippen molar-refractivity contribution in [1.29, 1.82) is 0 Å². The number of sulfone groups is 1. The Labute approximate surface area is 206 Å². The lowest BCUT2D eigenvalue weighted by Crippen LogP contribution is -2.69. The molecule has 1 aromatic rings. The van der Waals surface area contributed by atoms with Gasteiger partial charge in [0.25, 0.3) is 9.84 Å². The van der Waals surface area contributed by atoms with Crippen LogP contribution in [-0.2, 0) is 25.9 Å². The zero-order valence-corrected chi connectivity index (χ0v) is 18.9. The first-order valence-electron chi connectivity index (χ1n) is 8.46. The Kier molecular flexibility index (Phi) is 8.16. The molecule has 0 amide bonds. The van der Waals surface area contributed by atoms with E-state index in [4.69, 9.17) is 4.55 Å². The van der Waals surface area contributed by atoms with Gasteiger partial charge < -0.3 is 0 Å². The molecular weight excluding hydrogens is 673 g/mol. The minimum absolute atomic E-state index is 1.75. The Morgan fingerprint density at radius 2 is 0.850 bits per heavy atom. The van der Waals surface area contributed by atoms with E-state index < -0.39 is 100 Å². The lowest BCUT2D eigenvalue weighted by molar-refractivity contribution is -0.441. The molecule has 0 fully saturated rings. The van der Waals surface area contributed by atoms with E-state index in [0.717, 1.165) is 0 Å². The molecule has 0 atom stereocenters. The molecule has 0 spiro atoms. The third kappa shape index (κ3) is 4.52. The Hall–Kier alpha value is -2.25. The van der Waals surface area contributed by atoms with Crippen molar-refractivity contribution in [1.82, 2.24) is 0 Å². The van der Waals surface area contributed by atoms with E-state index in [1.807, 2.05) is 0 Å². The second-order valence-electron chi connectivity index (χ2n) is 7.15. The Balaban J connectivity index is 3.93. The molecule has 0 saturated carbocycles. The lowest BCUT2D eigenvalue weighted by Gasteiger charge is -2.39. The highest BCUT2D eigenvalue weighted by Gasteiger charge is 2.91. The summed E-state index contributed by atoms with van der Waals surface area (Å²) in [6.07, 6.45) is -7.82. The van der Waals surface area contributed by atoms with E-state index in [-0.39, 0.29) is 0 Å². The molecule has 0 heterocycles.